The van der Waals surface area contributed by atoms with Gasteiger partial charge in [0, 0.05) is 23.4 Å². The molecule has 1 N–H and O–H groups in total. The van der Waals surface area contributed by atoms with Crippen molar-refractivity contribution in [1.29, 1.82) is 5.41 Å². The van der Waals surface area contributed by atoms with E-state index in [2.05, 4.69) is 12.2 Å². The van der Waals surface area contributed by atoms with Gasteiger partial charge in [-0.05, 0) is 6.42 Å². The number of rotatable bonds is 3. The van der Waals surface area contributed by atoms with Crippen molar-refractivity contribution in [3.05, 3.63) is 11.4 Å². The number of nitrogens with one attached hydrogen (secondary N) is 1. The van der Waals surface area contributed by atoms with Crippen LogP contribution in [0.2, 0.25) is 0 Å². The fraction of sp³-hybridized carbons (Fsp3) is 0.600. The molecule has 1 aliphatic carbocycles. The smallest absolute Gasteiger partial charge is 0.304 e. The van der Waals surface area contributed by atoms with Gasteiger partial charge in [0.15, 0.2) is 0 Å². The van der Waals surface area contributed by atoms with Gasteiger partial charge in [-0.15, -0.1) is 0 Å². The number of alkyl halides is 6. The first-order chi connectivity index (χ1) is 8.54. The zero-order valence-corrected chi connectivity index (χ0v) is 10.0. The molecule has 108 valence electrons. The summed E-state index contributed by atoms with van der Waals surface area (Å²) in [4.78, 5) is 0. The van der Waals surface area contributed by atoms with E-state index in [0.29, 0.717) is 5.37 Å². The van der Waals surface area contributed by atoms with Gasteiger partial charge in [0.25, 0.3) is 0 Å². The van der Waals surface area contributed by atoms with Crippen LogP contribution in [0.25, 0.3) is 0 Å². The highest BCUT2D eigenvalue weighted by atomic mass is 32.1. The van der Waals surface area contributed by atoms with Crippen LogP contribution in [-0.2, 0) is 0 Å². The van der Waals surface area contributed by atoms with Gasteiger partial charge in [-0.3, -0.25) is 0 Å². The normalized spacial score (nSPS) is 25.4. The molecule has 0 fully saturated rings. The monoisotopic (exact) mass is 307 g/mol. The third-order valence-electron chi connectivity index (χ3n) is 2.82. The molecular formula is C10H8F7NS. The first kappa shape index (κ1) is 16.1. The molecular weight excluding hydrogens is 299 g/mol. The predicted octanol–water partition coefficient (Wildman–Crippen LogP) is 4.18. The van der Waals surface area contributed by atoms with Gasteiger partial charge in [-0.1, -0.05) is 12.2 Å². The van der Waals surface area contributed by atoms with E-state index in [1.54, 1.807) is 0 Å². The summed E-state index contributed by atoms with van der Waals surface area (Å²) in [5, 5.41) is 7.88. The standard InChI is InChI=1S/C10H8F7NS/c11-5-2-1-4(6(18)3-19)8(12)7(5)9(13,14)10(15,16)17/h3-4,8,18H,1-2H2. The zero-order valence-electron chi connectivity index (χ0n) is 9.20. The molecule has 0 bridgehead atoms. The molecule has 0 saturated heterocycles. The fourth-order valence-corrected chi connectivity index (χ4v) is 1.99. The van der Waals surface area contributed by atoms with E-state index in [4.69, 9.17) is 5.41 Å². The summed E-state index contributed by atoms with van der Waals surface area (Å²) >= 11 is 4.31. The highest BCUT2D eigenvalue weighted by Crippen LogP contribution is 2.48. The van der Waals surface area contributed by atoms with Gasteiger partial charge in [-0.25, -0.2) is 8.78 Å². The summed E-state index contributed by atoms with van der Waals surface area (Å²) in [5.74, 6) is -9.00. The second-order valence-corrected chi connectivity index (χ2v) is 4.25. The minimum absolute atomic E-state index is 0.379. The number of allylic oxidation sites excluding steroid dienone is 2. The third-order valence-corrected chi connectivity index (χ3v) is 3.07. The van der Waals surface area contributed by atoms with Crippen LogP contribution in [0.15, 0.2) is 11.4 Å². The largest absolute Gasteiger partial charge is 0.457 e. The molecule has 0 aromatic rings. The van der Waals surface area contributed by atoms with E-state index in [0.717, 1.165) is 0 Å². The molecule has 0 amide bonds. The highest BCUT2D eigenvalue weighted by Gasteiger charge is 2.64. The Morgan fingerprint density at radius 3 is 2.21 bits per heavy atom. The maximum atomic E-state index is 13.7. The maximum Gasteiger partial charge on any atom is 0.457 e. The molecule has 2 unspecified atom stereocenters. The van der Waals surface area contributed by atoms with Crippen molar-refractivity contribution in [1.82, 2.24) is 0 Å². The van der Waals surface area contributed by atoms with Gasteiger partial charge in [0.2, 0.25) is 0 Å². The van der Waals surface area contributed by atoms with Crippen molar-refractivity contribution < 1.29 is 30.7 Å². The molecule has 0 aromatic heterocycles. The molecule has 0 spiro atoms. The second-order valence-electron chi connectivity index (χ2n) is 4.01. The number of thiocarbonyl (C=S) groups is 1. The second kappa shape index (κ2) is 5.18. The van der Waals surface area contributed by atoms with E-state index in [9.17, 15) is 30.7 Å². The number of hydrogen-bond donors (Lipinski definition) is 1. The Labute approximate surface area is 109 Å². The zero-order chi connectivity index (χ0) is 15.0. The van der Waals surface area contributed by atoms with Gasteiger partial charge < -0.3 is 5.41 Å². The first-order valence-electron chi connectivity index (χ1n) is 5.05. The highest BCUT2D eigenvalue weighted by molar-refractivity contribution is 7.80. The minimum Gasteiger partial charge on any atom is -0.304 e. The lowest BCUT2D eigenvalue weighted by Crippen LogP contribution is -2.46. The van der Waals surface area contributed by atoms with Crippen molar-refractivity contribution in [2.45, 2.75) is 31.1 Å². The van der Waals surface area contributed by atoms with Crippen molar-refractivity contribution in [2.24, 2.45) is 5.92 Å². The molecule has 0 heterocycles. The SMILES string of the molecule is N=C(C=S)C1CCC(F)=C(C(F)(F)C(F)(F)F)C1F. The first-order valence-corrected chi connectivity index (χ1v) is 5.52. The van der Waals surface area contributed by atoms with Crippen molar-refractivity contribution >= 4 is 23.3 Å². The van der Waals surface area contributed by atoms with Crippen LogP contribution in [0.5, 0.6) is 0 Å². The van der Waals surface area contributed by atoms with Crippen molar-refractivity contribution in [3.8, 4) is 0 Å². The van der Waals surface area contributed by atoms with Crippen LogP contribution < -0.4 is 0 Å². The molecule has 0 aliphatic heterocycles. The van der Waals surface area contributed by atoms with Crippen LogP contribution in [0, 0.1) is 11.3 Å². The topological polar surface area (TPSA) is 23.9 Å². The van der Waals surface area contributed by atoms with E-state index in [1.807, 2.05) is 0 Å². The van der Waals surface area contributed by atoms with E-state index < -0.39 is 47.7 Å². The minimum atomic E-state index is -6.09. The van der Waals surface area contributed by atoms with E-state index in [-0.39, 0.29) is 6.42 Å². The van der Waals surface area contributed by atoms with Crippen LogP contribution >= 0.6 is 12.2 Å². The van der Waals surface area contributed by atoms with Gasteiger partial charge >= 0.3 is 12.1 Å². The Balaban J connectivity index is 3.24. The maximum absolute atomic E-state index is 13.7. The lowest BCUT2D eigenvalue weighted by atomic mass is 9.81. The average molecular weight is 307 g/mol. The summed E-state index contributed by atoms with van der Waals surface area (Å²) in [5.41, 5.74) is -2.84. The van der Waals surface area contributed by atoms with Crippen LogP contribution in [0.1, 0.15) is 12.8 Å². The molecule has 2 atom stereocenters. The molecule has 0 radical (unpaired) electrons. The van der Waals surface area contributed by atoms with Crippen LogP contribution in [0.3, 0.4) is 0 Å². The van der Waals surface area contributed by atoms with Crippen molar-refractivity contribution in [3.63, 3.8) is 0 Å². The summed E-state index contributed by atoms with van der Waals surface area (Å²) in [6.45, 7) is 0. The average Bonchev–Trinajstić information content (AvgIpc) is 2.26. The number of halogens is 7. The number of hydrogen-bond acceptors (Lipinski definition) is 2. The molecule has 9 heteroatoms. The molecule has 0 saturated carbocycles. The quantitative estimate of drug-likeness (QED) is 0.472. The Kier molecular flexibility index (Phi) is 4.38. The van der Waals surface area contributed by atoms with Gasteiger partial charge in [0.05, 0.1) is 5.57 Å². The third kappa shape index (κ3) is 2.80. The van der Waals surface area contributed by atoms with Gasteiger partial charge in [0.1, 0.15) is 12.0 Å². The Morgan fingerprint density at radius 1 is 1.26 bits per heavy atom. The summed E-state index contributed by atoms with van der Waals surface area (Å²) in [6, 6.07) is 0. The van der Waals surface area contributed by atoms with E-state index >= 15 is 0 Å². The molecule has 0 aromatic carbocycles. The van der Waals surface area contributed by atoms with Crippen molar-refractivity contribution in [2.75, 3.05) is 0 Å². The molecule has 1 rings (SSSR count). The summed E-state index contributed by atoms with van der Waals surface area (Å²) < 4.78 is 89.7. The summed E-state index contributed by atoms with van der Waals surface area (Å²) in [6.07, 6.45) is -10.2. The molecule has 1 aliphatic rings. The van der Waals surface area contributed by atoms with Gasteiger partial charge in [-0.2, -0.15) is 22.0 Å². The fourth-order valence-electron chi connectivity index (χ4n) is 1.81. The predicted molar refractivity (Wildman–Crippen MR) is 58.1 cm³/mol. The van der Waals surface area contributed by atoms with Crippen LogP contribution in [0.4, 0.5) is 30.7 Å². The summed E-state index contributed by atoms with van der Waals surface area (Å²) in [7, 11) is 0. The Morgan fingerprint density at radius 2 is 1.79 bits per heavy atom. The lowest BCUT2D eigenvalue weighted by molar-refractivity contribution is -0.268. The lowest BCUT2D eigenvalue weighted by Gasteiger charge is -2.32. The molecule has 19 heavy (non-hydrogen) atoms. The van der Waals surface area contributed by atoms with Crippen LogP contribution in [-0.4, -0.2) is 29.3 Å². The molecule has 1 nitrogen and oxygen atoms in total. The van der Waals surface area contributed by atoms with E-state index in [1.165, 1.54) is 0 Å². The Hall–Kier alpha value is -0.990. The Bertz CT molecular complexity index is 426.